The van der Waals surface area contributed by atoms with E-state index in [-0.39, 0.29) is 5.91 Å². The van der Waals surface area contributed by atoms with Crippen molar-refractivity contribution in [3.05, 3.63) is 35.4 Å². The Bertz CT molecular complexity index is 485. The number of fused-ring (bicyclic) bond motifs is 1. The molecule has 102 valence electrons. The molecule has 2 fully saturated rings. The summed E-state index contributed by atoms with van der Waals surface area (Å²) in [7, 11) is 0. The van der Waals surface area contributed by atoms with Gasteiger partial charge in [-0.2, -0.15) is 0 Å². The van der Waals surface area contributed by atoms with E-state index in [1.54, 1.807) is 0 Å². The Kier molecular flexibility index (Phi) is 3.31. The molecule has 0 radical (unpaired) electrons. The highest BCUT2D eigenvalue weighted by atomic mass is 16.2. The topological polar surface area (TPSA) is 46.3 Å². The molecule has 3 nitrogen and oxygen atoms in total. The second-order valence-electron chi connectivity index (χ2n) is 6.07. The molecule has 0 unspecified atom stereocenters. The monoisotopic (exact) mass is 258 g/mol. The Labute approximate surface area is 114 Å². The molecule has 19 heavy (non-hydrogen) atoms. The van der Waals surface area contributed by atoms with Crippen molar-refractivity contribution < 1.29 is 4.79 Å². The Balaban J connectivity index is 1.65. The normalized spacial score (nSPS) is 29.6. The molecule has 3 heteroatoms. The van der Waals surface area contributed by atoms with Gasteiger partial charge >= 0.3 is 0 Å². The van der Waals surface area contributed by atoms with Crippen molar-refractivity contribution in [2.24, 2.45) is 17.6 Å². The van der Waals surface area contributed by atoms with Gasteiger partial charge in [0.05, 0.1) is 6.42 Å². The minimum atomic E-state index is 0.260. The molecule has 2 aliphatic rings. The largest absolute Gasteiger partial charge is 0.342 e. The van der Waals surface area contributed by atoms with Gasteiger partial charge in [-0.3, -0.25) is 4.79 Å². The van der Waals surface area contributed by atoms with E-state index < -0.39 is 0 Å². The molecule has 1 aromatic rings. The van der Waals surface area contributed by atoms with Crippen LogP contribution in [0.5, 0.6) is 0 Å². The minimum Gasteiger partial charge on any atom is -0.342 e. The summed E-state index contributed by atoms with van der Waals surface area (Å²) in [6, 6.07) is 8.45. The van der Waals surface area contributed by atoms with Gasteiger partial charge in [-0.05, 0) is 42.7 Å². The average molecular weight is 258 g/mol. The number of aryl methyl sites for hydroxylation is 1. The van der Waals surface area contributed by atoms with Crippen molar-refractivity contribution in [2.75, 3.05) is 13.1 Å². The van der Waals surface area contributed by atoms with E-state index in [0.29, 0.717) is 24.3 Å². The second kappa shape index (κ2) is 4.97. The molecule has 1 saturated heterocycles. The third-order valence-corrected chi connectivity index (χ3v) is 4.87. The number of nitrogens with zero attached hydrogens (tertiary/aromatic N) is 1. The summed E-state index contributed by atoms with van der Waals surface area (Å²) in [4.78, 5) is 14.4. The summed E-state index contributed by atoms with van der Waals surface area (Å²) >= 11 is 0. The molecule has 1 saturated carbocycles. The second-order valence-corrected chi connectivity index (χ2v) is 6.07. The predicted molar refractivity (Wildman–Crippen MR) is 75.7 cm³/mol. The van der Waals surface area contributed by atoms with E-state index >= 15 is 0 Å². The predicted octanol–water partition coefficient (Wildman–Crippen LogP) is 1.73. The molecule has 2 N–H and O–H groups in total. The Morgan fingerprint density at radius 1 is 1.32 bits per heavy atom. The Morgan fingerprint density at radius 2 is 2.11 bits per heavy atom. The molecule has 1 aromatic carbocycles. The van der Waals surface area contributed by atoms with Gasteiger partial charge in [-0.1, -0.05) is 24.3 Å². The number of rotatable bonds is 2. The summed E-state index contributed by atoms with van der Waals surface area (Å²) in [6.45, 7) is 3.86. The molecule has 1 amide bonds. The van der Waals surface area contributed by atoms with Crippen LogP contribution in [0.1, 0.15) is 24.0 Å². The molecule has 0 bridgehead atoms. The number of likely N-dealkylation sites (tertiary alicyclic amines) is 1. The zero-order valence-electron chi connectivity index (χ0n) is 11.5. The van der Waals surface area contributed by atoms with Gasteiger partial charge in [0.15, 0.2) is 0 Å². The van der Waals surface area contributed by atoms with Crippen LogP contribution in [-0.4, -0.2) is 29.9 Å². The van der Waals surface area contributed by atoms with Crippen LogP contribution in [-0.2, 0) is 11.2 Å². The van der Waals surface area contributed by atoms with Crippen LogP contribution in [0.25, 0.3) is 0 Å². The van der Waals surface area contributed by atoms with E-state index in [2.05, 4.69) is 19.1 Å². The highest BCUT2D eigenvalue weighted by molar-refractivity contribution is 5.79. The van der Waals surface area contributed by atoms with Crippen LogP contribution in [0.3, 0.4) is 0 Å². The van der Waals surface area contributed by atoms with E-state index in [1.165, 1.54) is 12.0 Å². The van der Waals surface area contributed by atoms with Crippen LogP contribution in [0, 0.1) is 18.8 Å². The molecular formula is C16H22N2O. The Morgan fingerprint density at radius 3 is 2.84 bits per heavy atom. The standard InChI is InChI=1S/C16H22N2O/c1-11-4-2-3-5-12(11)8-16(19)18-9-13-6-7-15(17)14(13)10-18/h2-5,13-15H,6-10,17H2,1H3/t13-,14+,15-/m0/s1. The average Bonchev–Trinajstić information content (AvgIpc) is 2.95. The molecular weight excluding hydrogens is 236 g/mol. The number of benzene rings is 1. The maximum Gasteiger partial charge on any atom is 0.227 e. The summed E-state index contributed by atoms with van der Waals surface area (Å²) < 4.78 is 0. The molecule has 0 aromatic heterocycles. The smallest absolute Gasteiger partial charge is 0.227 e. The number of hydrogen-bond donors (Lipinski definition) is 1. The number of nitrogens with two attached hydrogens (primary N) is 1. The van der Waals surface area contributed by atoms with Crippen molar-refractivity contribution in [3.8, 4) is 0 Å². The van der Waals surface area contributed by atoms with E-state index in [9.17, 15) is 4.79 Å². The van der Waals surface area contributed by atoms with Gasteiger partial charge in [0.2, 0.25) is 5.91 Å². The molecule has 1 aliphatic heterocycles. The van der Waals surface area contributed by atoms with Gasteiger partial charge < -0.3 is 10.6 Å². The lowest BCUT2D eigenvalue weighted by molar-refractivity contribution is -0.129. The van der Waals surface area contributed by atoms with Crippen molar-refractivity contribution in [3.63, 3.8) is 0 Å². The van der Waals surface area contributed by atoms with Crippen molar-refractivity contribution in [1.82, 2.24) is 4.90 Å². The van der Waals surface area contributed by atoms with Crippen LogP contribution in [0.4, 0.5) is 0 Å². The Hall–Kier alpha value is -1.35. The number of hydrogen-bond acceptors (Lipinski definition) is 2. The zero-order valence-corrected chi connectivity index (χ0v) is 11.5. The number of carbonyl (C=O) groups is 1. The molecule has 1 heterocycles. The minimum absolute atomic E-state index is 0.260. The van der Waals surface area contributed by atoms with E-state index in [0.717, 1.165) is 25.1 Å². The summed E-state index contributed by atoms with van der Waals surface area (Å²) in [6.07, 6.45) is 2.86. The SMILES string of the molecule is Cc1ccccc1CC(=O)N1C[C@@H]2CC[C@H](N)[C@@H]2C1. The third kappa shape index (κ3) is 2.39. The van der Waals surface area contributed by atoms with E-state index in [1.807, 2.05) is 17.0 Å². The van der Waals surface area contributed by atoms with Gasteiger partial charge in [0.1, 0.15) is 0 Å². The maximum absolute atomic E-state index is 12.4. The summed E-state index contributed by atoms with van der Waals surface area (Å²) in [5.74, 6) is 1.45. The molecule has 0 spiro atoms. The first-order chi connectivity index (χ1) is 9.15. The van der Waals surface area contributed by atoms with Crippen LogP contribution < -0.4 is 5.73 Å². The van der Waals surface area contributed by atoms with Crippen molar-refractivity contribution in [2.45, 2.75) is 32.2 Å². The highest BCUT2D eigenvalue weighted by Gasteiger charge is 2.42. The molecule has 1 aliphatic carbocycles. The third-order valence-electron chi connectivity index (χ3n) is 4.87. The quantitative estimate of drug-likeness (QED) is 0.878. The van der Waals surface area contributed by atoms with Crippen molar-refractivity contribution in [1.29, 1.82) is 0 Å². The highest BCUT2D eigenvalue weighted by Crippen LogP contribution is 2.37. The van der Waals surface area contributed by atoms with Crippen LogP contribution >= 0.6 is 0 Å². The van der Waals surface area contributed by atoms with Gasteiger partial charge in [0, 0.05) is 19.1 Å². The number of carbonyl (C=O) groups excluding carboxylic acids is 1. The lowest BCUT2D eigenvalue weighted by atomic mass is 9.98. The maximum atomic E-state index is 12.4. The van der Waals surface area contributed by atoms with Gasteiger partial charge in [-0.25, -0.2) is 0 Å². The van der Waals surface area contributed by atoms with Crippen LogP contribution in [0.2, 0.25) is 0 Å². The summed E-state index contributed by atoms with van der Waals surface area (Å²) in [5, 5.41) is 0. The first kappa shape index (κ1) is 12.7. The zero-order chi connectivity index (χ0) is 13.4. The first-order valence-electron chi connectivity index (χ1n) is 7.23. The molecule has 3 rings (SSSR count). The van der Waals surface area contributed by atoms with Gasteiger partial charge in [0.25, 0.3) is 0 Å². The first-order valence-corrected chi connectivity index (χ1v) is 7.23. The molecule has 3 atom stereocenters. The van der Waals surface area contributed by atoms with Gasteiger partial charge in [-0.15, -0.1) is 0 Å². The lowest BCUT2D eigenvalue weighted by Gasteiger charge is -2.19. The number of amides is 1. The fraction of sp³-hybridized carbons (Fsp3) is 0.562. The summed E-state index contributed by atoms with van der Waals surface area (Å²) in [5.41, 5.74) is 8.47. The fourth-order valence-electron chi connectivity index (χ4n) is 3.59. The van der Waals surface area contributed by atoms with Crippen LogP contribution in [0.15, 0.2) is 24.3 Å². The fourth-order valence-corrected chi connectivity index (χ4v) is 3.59. The lowest BCUT2D eigenvalue weighted by Crippen LogP contribution is -2.34. The van der Waals surface area contributed by atoms with E-state index in [4.69, 9.17) is 5.73 Å². The van der Waals surface area contributed by atoms with Crippen molar-refractivity contribution >= 4 is 5.91 Å².